The number of halogens is 1. The molecule has 0 aromatic rings. The first-order valence-corrected chi connectivity index (χ1v) is 4.62. The normalized spacial score (nSPS) is 46.8. The Morgan fingerprint density at radius 3 is 2.60 bits per heavy atom. The summed E-state index contributed by atoms with van der Waals surface area (Å²) in [5.41, 5.74) is 0. The highest BCUT2D eigenvalue weighted by Crippen LogP contribution is 2.42. The molecule has 58 valence electrons. The zero-order valence-corrected chi connectivity index (χ0v) is 7.14. The van der Waals surface area contributed by atoms with E-state index in [0.717, 1.165) is 23.8 Å². The van der Waals surface area contributed by atoms with E-state index in [-0.39, 0.29) is 0 Å². The Labute approximate surface area is 67.3 Å². The number of rotatable bonds is 1. The van der Waals surface area contributed by atoms with Gasteiger partial charge in [0.05, 0.1) is 0 Å². The molecule has 0 aromatic carbocycles. The topological polar surface area (TPSA) is 3.24 Å². The smallest absolute Gasteiger partial charge is 0.0269 e. The summed E-state index contributed by atoms with van der Waals surface area (Å²) in [4.78, 5) is 2.47. The molecule has 3 atom stereocenters. The fourth-order valence-corrected chi connectivity index (χ4v) is 3.09. The van der Waals surface area contributed by atoms with Crippen molar-refractivity contribution in [2.75, 3.05) is 19.5 Å². The molecule has 0 spiro atoms. The molecule has 2 bridgehead atoms. The molecule has 1 saturated heterocycles. The van der Waals surface area contributed by atoms with Crippen molar-refractivity contribution in [1.29, 1.82) is 0 Å². The van der Waals surface area contributed by atoms with Crippen LogP contribution in [0.2, 0.25) is 0 Å². The van der Waals surface area contributed by atoms with Gasteiger partial charge in [-0.3, -0.25) is 0 Å². The first-order chi connectivity index (χ1) is 4.83. The highest BCUT2D eigenvalue weighted by molar-refractivity contribution is 6.18. The van der Waals surface area contributed by atoms with Crippen LogP contribution in [0.15, 0.2) is 0 Å². The lowest BCUT2D eigenvalue weighted by Gasteiger charge is -2.21. The minimum absolute atomic E-state index is 0.812. The maximum atomic E-state index is 5.88. The number of nitrogens with zero attached hydrogens (tertiary/aromatic N) is 1. The van der Waals surface area contributed by atoms with E-state index in [4.69, 9.17) is 11.6 Å². The summed E-state index contributed by atoms with van der Waals surface area (Å²) in [5.74, 6) is 2.61. The van der Waals surface area contributed by atoms with Gasteiger partial charge in [0, 0.05) is 18.5 Å². The second kappa shape index (κ2) is 2.38. The molecule has 0 amide bonds. The summed E-state index contributed by atoms with van der Waals surface area (Å²) in [7, 11) is 2.23. The molecule has 0 radical (unpaired) electrons. The van der Waals surface area contributed by atoms with E-state index in [9.17, 15) is 0 Å². The molecule has 1 aliphatic heterocycles. The lowest BCUT2D eigenvalue weighted by Crippen LogP contribution is -2.29. The first-order valence-electron chi connectivity index (χ1n) is 4.09. The van der Waals surface area contributed by atoms with Gasteiger partial charge in [0.25, 0.3) is 0 Å². The van der Waals surface area contributed by atoms with Crippen molar-refractivity contribution in [3.8, 4) is 0 Å². The van der Waals surface area contributed by atoms with Crippen LogP contribution in [0.25, 0.3) is 0 Å². The molecule has 0 aromatic heterocycles. The van der Waals surface area contributed by atoms with E-state index < -0.39 is 0 Å². The Kier molecular flexibility index (Phi) is 1.65. The largest absolute Gasteiger partial charge is 0.303 e. The van der Waals surface area contributed by atoms with E-state index in [2.05, 4.69) is 11.9 Å². The predicted molar refractivity (Wildman–Crippen MR) is 43.4 cm³/mol. The van der Waals surface area contributed by atoms with Gasteiger partial charge < -0.3 is 4.90 Å². The molecular formula is C8H14ClN. The second-order valence-corrected chi connectivity index (χ2v) is 3.97. The van der Waals surface area contributed by atoms with E-state index in [1.807, 2.05) is 0 Å². The fourth-order valence-electron chi connectivity index (χ4n) is 2.64. The number of fused-ring (bicyclic) bond motifs is 2. The predicted octanol–water partition coefficient (Wildman–Crippen LogP) is 1.57. The van der Waals surface area contributed by atoms with Crippen molar-refractivity contribution >= 4 is 11.6 Å². The number of piperidine rings is 1. The average molecular weight is 160 g/mol. The zero-order chi connectivity index (χ0) is 7.14. The van der Waals surface area contributed by atoms with Crippen LogP contribution in [0.5, 0.6) is 0 Å². The van der Waals surface area contributed by atoms with Crippen LogP contribution in [0.4, 0.5) is 0 Å². The van der Waals surface area contributed by atoms with Crippen LogP contribution in [-0.2, 0) is 0 Å². The van der Waals surface area contributed by atoms with Crippen LogP contribution < -0.4 is 0 Å². The summed E-state index contributed by atoms with van der Waals surface area (Å²) in [6.45, 7) is 1.29. The zero-order valence-electron chi connectivity index (χ0n) is 6.39. The van der Waals surface area contributed by atoms with Crippen molar-refractivity contribution in [2.24, 2.45) is 11.8 Å². The van der Waals surface area contributed by atoms with Gasteiger partial charge in [-0.25, -0.2) is 0 Å². The van der Waals surface area contributed by atoms with Gasteiger partial charge in [-0.15, -0.1) is 11.6 Å². The first kappa shape index (κ1) is 6.93. The molecular weight excluding hydrogens is 146 g/mol. The third-order valence-corrected chi connectivity index (χ3v) is 3.56. The van der Waals surface area contributed by atoms with Crippen molar-refractivity contribution in [3.63, 3.8) is 0 Å². The monoisotopic (exact) mass is 159 g/mol. The summed E-state index contributed by atoms with van der Waals surface area (Å²) >= 11 is 5.88. The third kappa shape index (κ3) is 0.802. The SMILES string of the molecule is CN1CC2CCC1C2CCl. The maximum absolute atomic E-state index is 5.88. The molecule has 1 saturated carbocycles. The molecule has 2 aliphatic rings. The quantitative estimate of drug-likeness (QED) is 0.525. The Balaban J connectivity index is 2.11. The molecule has 1 aliphatic carbocycles. The summed E-state index contributed by atoms with van der Waals surface area (Å²) in [6, 6.07) is 0.822. The van der Waals surface area contributed by atoms with Gasteiger partial charge in [-0.1, -0.05) is 0 Å². The number of likely N-dealkylation sites (tertiary alicyclic amines) is 1. The van der Waals surface area contributed by atoms with Gasteiger partial charge in [0.1, 0.15) is 0 Å². The molecule has 2 heteroatoms. The highest BCUT2D eigenvalue weighted by Gasteiger charge is 2.44. The van der Waals surface area contributed by atoms with Crippen LogP contribution in [0, 0.1) is 11.8 Å². The molecule has 1 nitrogen and oxygen atoms in total. The summed E-state index contributed by atoms with van der Waals surface area (Å²) < 4.78 is 0. The van der Waals surface area contributed by atoms with Crippen molar-refractivity contribution in [1.82, 2.24) is 4.90 Å². The lowest BCUT2D eigenvalue weighted by atomic mass is 10.0. The van der Waals surface area contributed by atoms with Crippen molar-refractivity contribution in [2.45, 2.75) is 18.9 Å². The summed E-state index contributed by atoms with van der Waals surface area (Å²) in [5, 5.41) is 0. The fraction of sp³-hybridized carbons (Fsp3) is 1.00. The van der Waals surface area contributed by atoms with Crippen LogP contribution in [0.3, 0.4) is 0 Å². The number of alkyl halides is 1. The Hall–Kier alpha value is 0.250. The molecule has 3 unspecified atom stereocenters. The molecule has 1 heterocycles. The minimum atomic E-state index is 0.812. The molecule has 0 N–H and O–H groups in total. The number of hydrogen-bond acceptors (Lipinski definition) is 1. The van der Waals surface area contributed by atoms with Gasteiger partial charge in [-0.05, 0) is 31.7 Å². The molecule has 10 heavy (non-hydrogen) atoms. The van der Waals surface area contributed by atoms with Crippen LogP contribution in [-0.4, -0.2) is 30.4 Å². The van der Waals surface area contributed by atoms with Gasteiger partial charge in [0.15, 0.2) is 0 Å². The molecule has 2 fully saturated rings. The van der Waals surface area contributed by atoms with Crippen LogP contribution >= 0.6 is 11.6 Å². The van der Waals surface area contributed by atoms with Crippen LogP contribution in [0.1, 0.15) is 12.8 Å². The Morgan fingerprint density at radius 2 is 2.30 bits per heavy atom. The van der Waals surface area contributed by atoms with Crippen molar-refractivity contribution < 1.29 is 0 Å². The maximum Gasteiger partial charge on any atom is 0.0269 e. The minimum Gasteiger partial charge on any atom is -0.303 e. The van der Waals surface area contributed by atoms with E-state index in [1.165, 1.54) is 19.4 Å². The lowest BCUT2D eigenvalue weighted by molar-refractivity contribution is 0.255. The van der Waals surface area contributed by atoms with E-state index in [1.54, 1.807) is 0 Å². The van der Waals surface area contributed by atoms with Gasteiger partial charge >= 0.3 is 0 Å². The summed E-state index contributed by atoms with van der Waals surface area (Å²) in [6.07, 6.45) is 2.81. The average Bonchev–Trinajstić information content (AvgIpc) is 2.42. The van der Waals surface area contributed by atoms with Gasteiger partial charge in [0.2, 0.25) is 0 Å². The van der Waals surface area contributed by atoms with Crippen molar-refractivity contribution in [3.05, 3.63) is 0 Å². The van der Waals surface area contributed by atoms with E-state index in [0.29, 0.717) is 0 Å². The van der Waals surface area contributed by atoms with E-state index >= 15 is 0 Å². The third-order valence-electron chi connectivity index (χ3n) is 3.20. The Bertz CT molecular complexity index is 137. The van der Waals surface area contributed by atoms with Gasteiger partial charge in [-0.2, -0.15) is 0 Å². The number of hydrogen-bond donors (Lipinski definition) is 0. The highest BCUT2D eigenvalue weighted by atomic mass is 35.5. The standard InChI is InChI=1S/C8H14ClN/c1-10-5-6-2-3-8(10)7(6)4-9/h6-8H,2-5H2,1H3. The second-order valence-electron chi connectivity index (χ2n) is 3.66. The molecule has 2 rings (SSSR count). The Morgan fingerprint density at radius 1 is 1.50 bits per heavy atom.